The number of nitrogens with zero attached hydrogens (tertiary/aromatic N) is 1. The smallest absolute Gasteiger partial charge is 0.0513 e. The minimum atomic E-state index is 0.732. The van der Waals surface area contributed by atoms with Crippen LogP contribution in [0.15, 0.2) is 18.2 Å². The lowest BCUT2D eigenvalue weighted by atomic mass is 9.78. The molecule has 1 aliphatic carbocycles. The number of anilines is 1. The molecular weight excluding hydrogens is 208 g/mol. The van der Waals surface area contributed by atoms with Crippen LogP contribution in [0.5, 0.6) is 0 Å². The van der Waals surface area contributed by atoms with Crippen LogP contribution in [0.3, 0.4) is 0 Å². The average Bonchev–Trinajstić information content (AvgIpc) is 2.67. The lowest BCUT2D eigenvalue weighted by Crippen LogP contribution is -2.59. The molecule has 1 aromatic rings. The lowest BCUT2D eigenvalue weighted by Gasteiger charge is -2.44. The van der Waals surface area contributed by atoms with E-state index in [1.807, 2.05) is 0 Å². The summed E-state index contributed by atoms with van der Waals surface area (Å²) < 4.78 is 0. The maximum atomic E-state index is 3.73. The van der Waals surface area contributed by atoms with E-state index in [2.05, 4.69) is 35.3 Å². The molecule has 2 aliphatic heterocycles. The van der Waals surface area contributed by atoms with E-state index in [-0.39, 0.29) is 0 Å². The first-order valence-corrected chi connectivity index (χ1v) is 6.95. The molecule has 2 heteroatoms. The van der Waals surface area contributed by atoms with Crippen molar-refractivity contribution in [2.24, 2.45) is 0 Å². The van der Waals surface area contributed by atoms with Crippen LogP contribution in [-0.2, 0) is 0 Å². The Hall–Kier alpha value is -1.02. The monoisotopic (exact) mass is 228 g/mol. The Morgan fingerprint density at radius 2 is 2.24 bits per heavy atom. The first kappa shape index (κ1) is 9.95. The molecule has 0 bridgehead atoms. The molecule has 1 saturated heterocycles. The Balaban J connectivity index is 1.85. The van der Waals surface area contributed by atoms with E-state index in [0.29, 0.717) is 0 Å². The van der Waals surface area contributed by atoms with Gasteiger partial charge in [0.25, 0.3) is 0 Å². The van der Waals surface area contributed by atoms with Crippen LogP contribution >= 0.6 is 0 Å². The van der Waals surface area contributed by atoms with E-state index >= 15 is 0 Å². The summed E-state index contributed by atoms with van der Waals surface area (Å²) in [6, 6.07) is 8.53. The summed E-state index contributed by atoms with van der Waals surface area (Å²) in [6.07, 6.45) is 4.14. The summed E-state index contributed by atoms with van der Waals surface area (Å²) in [5.41, 5.74) is 4.57. The van der Waals surface area contributed by atoms with Gasteiger partial charge in [0.1, 0.15) is 0 Å². The number of rotatable bonds is 0. The maximum Gasteiger partial charge on any atom is 0.0513 e. The van der Waals surface area contributed by atoms with Crippen molar-refractivity contribution in [3.8, 4) is 0 Å². The maximum absolute atomic E-state index is 3.73. The second-order valence-corrected chi connectivity index (χ2v) is 5.84. The van der Waals surface area contributed by atoms with Crippen molar-refractivity contribution in [2.75, 3.05) is 18.0 Å². The van der Waals surface area contributed by atoms with Gasteiger partial charge in [0, 0.05) is 30.7 Å². The number of aryl methyl sites for hydroxylation is 1. The zero-order chi connectivity index (χ0) is 11.4. The summed E-state index contributed by atoms with van der Waals surface area (Å²) in [5, 5.41) is 3.73. The Bertz CT molecular complexity index is 452. The SMILES string of the molecule is Cc1ccc2c(c1)C1CCCC3NCCN2C31. The van der Waals surface area contributed by atoms with Crippen LogP contribution in [-0.4, -0.2) is 25.2 Å². The Labute approximate surface area is 103 Å². The Morgan fingerprint density at radius 1 is 1.29 bits per heavy atom. The second kappa shape index (κ2) is 3.49. The van der Waals surface area contributed by atoms with E-state index in [0.717, 1.165) is 24.5 Å². The van der Waals surface area contributed by atoms with E-state index in [4.69, 9.17) is 0 Å². The summed E-state index contributed by atoms with van der Waals surface area (Å²) in [5.74, 6) is 0.788. The van der Waals surface area contributed by atoms with Crippen LogP contribution in [0.1, 0.15) is 36.3 Å². The van der Waals surface area contributed by atoms with Crippen LogP contribution in [0, 0.1) is 6.92 Å². The third-order valence-corrected chi connectivity index (χ3v) is 4.87. The van der Waals surface area contributed by atoms with E-state index in [1.54, 1.807) is 5.56 Å². The molecule has 0 spiro atoms. The molecule has 2 nitrogen and oxygen atoms in total. The van der Waals surface area contributed by atoms with E-state index in [9.17, 15) is 0 Å². The molecule has 90 valence electrons. The number of piperazine rings is 1. The van der Waals surface area contributed by atoms with Crippen molar-refractivity contribution in [1.82, 2.24) is 5.32 Å². The van der Waals surface area contributed by atoms with E-state index in [1.165, 1.54) is 37.1 Å². The zero-order valence-electron chi connectivity index (χ0n) is 10.4. The van der Waals surface area contributed by atoms with Crippen molar-refractivity contribution < 1.29 is 0 Å². The highest BCUT2D eigenvalue weighted by Crippen LogP contribution is 2.48. The molecule has 3 atom stereocenters. The lowest BCUT2D eigenvalue weighted by molar-refractivity contribution is 0.270. The van der Waals surface area contributed by atoms with Crippen molar-refractivity contribution in [2.45, 2.75) is 44.2 Å². The molecule has 3 unspecified atom stereocenters. The molecule has 1 N–H and O–H groups in total. The molecule has 2 fully saturated rings. The molecule has 17 heavy (non-hydrogen) atoms. The fraction of sp³-hybridized carbons (Fsp3) is 0.600. The predicted molar refractivity (Wildman–Crippen MR) is 70.7 cm³/mol. The molecule has 4 rings (SSSR count). The summed E-state index contributed by atoms with van der Waals surface area (Å²) >= 11 is 0. The molecule has 0 amide bonds. The first-order valence-electron chi connectivity index (χ1n) is 6.95. The molecule has 1 saturated carbocycles. The zero-order valence-corrected chi connectivity index (χ0v) is 10.4. The van der Waals surface area contributed by atoms with Crippen molar-refractivity contribution >= 4 is 5.69 Å². The highest BCUT2D eigenvalue weighted by Gasteiger charge is 2.46. The van der Waals surface area contributed by atoms with E-state index < -0.39 is 0 Å². The number of nitrogens with one attached hydrogen (secondary N) is 1. The van der Waals surface area contributed by atoms with Gasteiger partial charge in [-0.25, -0.2) is 0 Å². The second-order valence-electron chi connectivity index (χ2n) is 5.84. The van der Waals surface area contributed by atoms with Crippen LogP contribution < -0.4 is 10.2 Å². The molecule has 0 radical (unpaired) electrons. The Kier molecular flexibility index (Phi) is 2.04. The highest BCUT2D eigenvalue weighted by molar-refractivity contribution is 5.64. The highest BCUT2D eigenvalue weighted by atomic mass is 15.3. The standard InChI is InChI=1S/C15H20N2/c1-10-5-6-14-12(9-10)11-3-2-4-13-15(11)17(14)8-7-16-13/h5-6,9,11,13,15-16H,2-4,7-8H2,1H3. The average molecular weight is 228 g/mol. The molecule has 0 aromatic heterocycles. The van der Waals surface area contributed by atoms with Crippen molar-refractivity contribution in [3.63, 3.8) is 0 Å². The van der Waals surface area contributed by atoms with Gasteiger partial charge in [-0.3, -0.25) is 0 Å². The van der Waals surface area contributed by atoms with Gasteiger partial charge in [0.2, 0.25) is 0 Å². The fourth-order valence-electron chi connectivity index (χ4n) is 4.21. The van der Waals surface area contributed by atoms with Crippen LogP contribution in [0.4, 0.5) is 5.69 Å². The third kappa shape index (κ3) is 1.30. The minimum Gasteiger partial charge on any atom is -0.365 e. The quantitative estimate of drug-likeness (QED) is 0.733. The number of hydrogen-bond acceptors (Lipinski definition) is 2. The summed E-state index contributed by atoms with van der Waals surface area (Å²) in [4.78, 5) is 2.68. The van der Waals surface area contributed by atoms with Crippen molar-refractivity contribution in [3.05, 3.63) is 29.3 Å². The third-order valence-electron chi connectivity index (χ3n) is 4.87. The summed E-state index contributed by atoms with van der Waals surface area (Å²) in [7, 11) is 0. The molecule has 2 heterocycles. The van der Waals surface area contributed by atoms with Gasteiger partial charge < -0.3 is 10.2 Å². The number of benzene rings is 1. The van der Waals surface area contributed by atoms with Gasteiger partial charge in [-0.2, -0.15) is 0 Å². The number of hydrogen-bond donors (Lipinski definition) is 1. The molecular formula is C15H20N2. The van der Waals surface area contributed by atoms with Gasteiger partial charge in [-0.15, -0.1) is 0 Å². The van der Waals surface area contributed by atoms with Gasteiger partial charge in [-0.1, -0.05) is 24.1 Å². The summed E-state index contributed by atoms with van der Waals surface area (Å²) in [6.45, 7) is 4.56. The molecule has 1 aromatic carbocycles. The van der Waals surface area contributed by atoms with Crippen LogP contribution in [0.2, 0.25) is 0 Å². The van der Waals surface area contributed by atoms with Crippen molar-refractivity contribution in [1.29, 1.82) is 0 Å². The normalized spacial score (nSPS) is 34.4. The van der Waals surface area contributed by atoms with Crippen LogP contribution in [0.25, 0.3) is 0 Å². The van der Waals surface area contributed by atoms with Gasteiger partial charge in [-0.05, 0) is 31.4 Å². The molecule has 3 aliphatic rings. The first-order chi connectivity index (χ1) is 8.34. The Morgan fingerprint density at radius 3 is 3.18 bits per heavy atom. The predicted octanol–water partition coefficient (Wildman–Crippen LogP) is 2.42. The minimum absolute atomic E-state index is 0.732. The largest absolute Gasteiger partial charge is 0.365 e. The fourth-order valence-corrected chi connectivity index (χ4v) is 4.21. The van der Waals surface area contributed by atoms with Gasteiger partial charge in [0.05, 0.1) is 6.04 Å². The van der Waals surface area contributed by atoms with Gasteiger partial charge >= 0.3 is 0 Å². The number of fused-ring (bicyclic) bond motifs is 3. The topological polar surface area (TPSA) is 15.3 Å². The van der Waals surface area contributed by atoms with Gasteiger partial charge in [0.15, 0.2) is 0 Å².